The number of fused-ring (bicyclic) bond motifs is 2. The third-order valence-electron chi connectivity index (χ3n) is 4.65. The molecule has 2 aliphatic rings. The van der Waals surface area contributed by atoms with Crippen LogP contribution in [0.25, 0.3) is 0 Å². The van der Waals surface area contributed by atoms with Crippen molar-refractivity contribution in [3.05, 3.63) is 53.6 Å². The van der Waals surface area contributed by atoms with Gasteiger partial charge in [-0.15, -0.1) is 0 Å². The predicted molar refractivity (Wildman–Crippen MR) is 97.9 cm³/mol. The minimum absolute atomic E-state index is 0.0226. The van der Waals surface area contributed by atoms with Gasteiger partial charge in [0, 0.05) is 11.7 Å². The molecule has 7 nitrogen and oxygen atoms in total. The van der Waals surface area contributed by atoms with Gasteiger partial charge >= 0.3 is 5.97 Å². The summed E-state index contributed by atoms with van der Waals surface area (Å²) in [6.07, 6.45) is 0.781. The fraction of sp³-hybridized carbons (Fsp3) is 0.250. The summed E-state index contributed by atoms with van der Waals surface area (Å²) in [5, 5.41) is 2.65. The number of nitrogens with zero attached hydrogens (tertiary/aromatic N) is 1. The molecule has 0 bridgehead atoms. The molecule has 2 aromatic carbocycles. The quantitative estimate of drug-likeness (QED) is 0.842. The summed E-state index contributed by atoms with van der Waals surface area (Å²) in [5.41, 5.74) is 2.73. The van der Waals surface area contributed by atoms with Crippen LogP contribution in [0.1, 0.15) is 22.8 Å². The highest BCUT2D eigenvalue weighted by molar-refractivity contribution is 6.00. The van der Waals surface area contributed by atoms with E-state index in [2.05, 4.69) is 5.32 Å². The Morgan fingerprint density at radius 1 is 1.26 bits per heavy atom. The summed E-state index contributed by atoms with van der Waals surface area (Å²) in [5.74, 6) is -0.727. The van der Waals surface area contributed by atoms with Crippen LogP contribution in [0, 0.1) is 0 Å². The number of amides is 2. The third-order valence-corrected chi connectivity index (χ3v) is 4.65. The molecule has 7 heteroatoms. The molecule has 0 saturated carbocycles. The number of carbonyl (C=O) groups excluding carboxylic acids is 3. The van der Waals surface area contributed by atoms with E-state index in [0.717, 1.165) is 17.7 Å². The van der Waals surface area contributed by atoms with Gasteiger partial charge in [-0.2, -0.15) is 0 Å². The van der Waals surface area contributed by atoms with Crippen molar-refractivity contribution < 1.29 is 23.9 Å². The van der Waals surface area contributed by atoms with Crippen molar-refractivity contribution in [1.29, 1.82) is 0 Å². The molecule has 138 valence electrons. The first kappa shape index (κ1) is 17.1. The molecule has 0 saturated heterocycles. The van der Waals surface area contributed by atoms with Crippen LogP contribution in [-0.4, -0.2) is 37.0 Å². The molecule has 0 unspecified atom stereocenters. The number of nitrogens with one attached hydrogen (secondary N) is 1. The normalized spacial score (nSPS) is 17.4. The van der Waals surface area contributed by atoms with E-state index >= 15 is 0 Å². The summed E-state index contributed by atoms with van der Waals surface area (Å²) >= 11 is 0. The third kappa shape index (κ3) is 3.23. The van der Waals surface area contributed by atoms with E-state index in [4.69, 9.17) is 9.47 Å². The predicted octanol–water partition coefficient (Wildman–Crippen LogP) is 2.15. The average molecular weight is 366 g/mol. The van der Waals surface area contributed by atoms with Crippen molar-refractivity contribution in [2.45, 2.75) is 19.4 Å². The van der Waals surface area contributed by atoms with Gasteiger partial charge in [0.15, 0.2) is 13.2 Å². The Hall–Kier alpha value is -3.35. The van der Waals surface area contributed by atoms with Crippen molar-refractivity contribution in [3.63, 3.8) is 0 Å². The number of anilines is 2. The van der Waals surface area contributed by atoms with Crippen molar-refractivity contribution in [2.24, 2.45) is 0 Å². The van der Waals surface area contributed by atoms with Gasteiger partial charge in [0.2, 0.25) is 0 Å². The number of rotatable bonds is 3. The molecule has 0 fully saturated rings. The molecular formula is C20H18N2O5. The fourth-order valence-corrected chi connectivity index (χ4v) is 3.43. The van der Waals surface area contributed by atoms with Gasteiger partial charge in [0.25, 0.3) is 11.8 Å². The zero-order valence-corrected chi connectivity index (χ0v) is 14.7. The van der Waals surface area contributed by atoms with E-state index in [1.807, 2.05) is 31.2 Å². The van der Waals surface area contributed by atoms with Gasteiger partial charge in [0.05, 0.1) is 11.3 Å². The lowest BCUT2D eigenvalue weighted by molar-refractivity contribution is -0.122. The highest BCUT2D eigenvalue weighted by Crippen LogP contribution is 2.32. The van der Waals surface area contributed by atoms with Gasteiger partial charge in [-0.05, 0) is 43.2 Å². The average Bonchev–Trinajstić information content (AvgIpc) is 3.01. The van der Waals surface area contributed by atoms with Crippen LogP contribution in [0.3, 0.4) is 0 Å². The molecule has 2 aliphatic heterocycles. The molecule has 0 aromatic heterocycles. The SMILES string of the molecule is C[C@H]1Cc2ccccc2N1C(=O)COC(=O)c1ccc2c(c1)OCC(=O)N2. The fourth-order valence-electron chi connectivity index (χ4n) is 3.43. The van der Waals surface area contributed by atoms with Gasteiger partial charge < -0.3 is 19.7 Å². The first-order valence-corrected chi connectivity index (χ1v) is 8.67. The second-order valence-corrected chi connectivity index (χ2v) is 6.57. The molecule has 0 spiro atoms. The smallest absolute Gasteiger partial charge is 0.338 e. The Kier molecular flexibility index (Phi) is 4.27. The van der Waals surface area contributed by atoms with Gasteiger partial charge in [-0.25, -0.2) is 4.79 Å². The van der Waals surface area contributed by atoms with Crippen LogP contribution in [0.15, 0.2) is 42.5 Å². The molecule has 1 N–H and O–H groups in total. The number of benzene rings is 2. The van der Waals surface area contributed by atoms with Crippen LogP contribution in [0.2, 0.25) is 0 Å². The summed E-state index contributed by atoms with van der Waals surface area (Å²) in [7, 11) is 0. The van der Waals surface area contributed by atoms with E-state index in [0.29, 0.717) is 11.4 Å². The molecule has 1 atom stereocenters. The monoisotopic (exact) mass is 366 g/mol. The van der Waals surface area contributed by atoms with E-state index in [1.54, 1.807) is 11.0 Å². The maximum atomic E-state index is 12.6. The minimum Gasteiger partial charge on any atom is -0.482 e. The summed E-state index contributed by atoms with van der Waals surface area (Å²) in [6.45, 7) is 1.53. The number of para-hydroxylation sites is 1. The lowest BCUT2D eigenvalue weighted by Crippen LogP contribution is -2.38. The summed E-state index contributed by atoms with van der Waals surface area (Å²) in [6, 6.07) is 12.3. The number of hydrogen-bond acceptors (Lipinski definition) is 5. The Morgan fingerprint density at radius 3 is 2.93 bits per heavy atom. The zero-order chi connectivity index (χ0) is 19.0. The van der Waals surface area contributed by atoms with Crippen LogP contribution in [0.5, 0.6) is 5.75 Å². The first-order chi connectivity index (χ1) is 13.0. The molecule has 2 heterocycles. The van der Waals surface area contributed by atoms with Crippen LogP contribution < -0.4 is 15.0 Å². The van der Waals surface area contributed by atoms with E-state index < -0.39 is 5.97 Å². The van der Waals surface area contributed by atoms with E-state index in [1.165, 1.54) is 12.1 Å². The van der Waals surface area contributed by atoms with Gasteiger partial charge in [-0.1, -0.05) is 18.2 Å². The second-order valence-electron chi connectivity index (χ2n) is 6.57. The van der Waals surface area contributed by atoms with E-state index in [9.17, 15) is 14.4 Å². The highest BCUT2D eigenvalue weighted by Gasteiger charge is 2.31. The van der Waals surface area contributed by atoms with Crippen LogP contribution >= 0.6 is 0 Å². The van der Waals surface area contributed by atoms with Crippen molar-refractivity contribution >= 4 is 29.2 Å². The number of hydrogen-bond donors (Lipinski definition) is 1. The molecule has 0 aliphatic carbocycles. The summed E-state index contributed by atoms with van der Waals surface area (Å²) in [4.78, 5) is 37.9. The van der Waals surface area contributed by atoms with Gasteiger partial charge in [0.1, 0.15) is 5.75 Å². The van der Waals surface area contributed by atoms with E-state index in [-0.39, 0.29) is 36.6 Å². The Balaban J connectivity index is 1.42. The Labute approximate surface area is 155 Å². The standard InChI is InChI=1S/C20H18N2O5/c1-12-8-13-4-2-3-5-16(13)22(12)19(24)11-27-20(25)14-6-7-15-17(9-14)26-10-18(23)21-15/h2-7,9,12H,8,10-11H2,1H3,(H,21,23)/t12-/m0/s1. The molecule has 2 aromatic rings. The molecule has 2 amide bonds. The van der Waals surface area contributed by atoms with Crippen LogP contribution in [0.4, 0.5) is 11.4 Å². The van der Waals surface area contributed by atoms with Crippen molar-refractivity contribution in [2.75, 3.05) is 23.4 Å². The lowest BCUT2D eigenvalue weighted by atomic mass is 10.1. The second kappa shape index (κ2) is 6.75. The van der Waals surface area contributed by atoms with Gasteiger partial charge in [-0.3, -0.25) is 9.59 Å². The lowest BCUT2D eigenvalue weighted by Gasteiger charge is -2.22. The summed E-state index contributed by atoms with van der Waals surface area (Å²) < 4.78 is 10.5. The highest BCUT2D eigenvalue weighted by atomic mass is 16.5. The topological polar surface area (TPSA) is 84.9 Å². The maximum Gasteiger partial charge on any atom is 0.338 e. The first-order valence-electron chi connectivity index (χ1n) is 8.67. The Morgan fingerprint density at radius 2 is 2.07 bits per heavy atom. The zero-order valence-electron chi connectivity index (χ0n) is 14.7. The van der Waals surface area contributed by atoms with Crippen molar-refractivity contribution in [3.8, 4) is 5.75 Å². The van der Waals surface area contributed by atoms with Crippen LogP contribution in [-0.2, 0) is 20.7 Å². The molecular weight excluding hydrogens is 348 g/mol. The number of ether oxygens (including phenoxy) is 2. The molecule has 0 radical (unpaired) electrons. The molecule has 4 rings (SSSR count). The van der Waals surface area contributed by atoms with Crippen molar-refractivity contribution in [1.82, 2.24) is 0 Å². The number of carbonyl (C=O) groups is 3. The minimum atomic E-state index is -0.619. The maximum absolute atomic E-state index is 12.6. The Bertz CT molecular complexity index is 940. The number of esters is 1. The molecule has 27 heavy (non-hydrogen) atoms. The largest absolute Gasteiger partial charge is 0.482 e.